The monoisotopic (exact) mass is 231 g/mol. The zero-order valence-corrected chi connectivity index (χ0v) is 8.84. The maximum absolute atomic E-state index is 10.7. The largest absolute Gasteiger partial charge is 0.322 e. The number of thioether (sulfide) groups is 1. The van der Waals surface area contributed by atoms with Gasteiger partial charge in [0.1, 0.15) is 9.35 Å². The van der Waals surface area contributed by atoms with Crippen LogP contribution in [0, 0.1) is 0 Å². The predicted molar refractivity (Wildman–Crippen MR) is 54.4 cm³/mol. The van der Waals surface area contributed by atoms with Gasteiger partial charge in [-0.05, 0) is 0 Å². The van der Waals surface area contributed by atoms with Crippen LogP contribution in [0.5, 0.6) is 0 Å². The molecule has 0 saturated carbocycles. The number of hydrogen-bond acceptors (Lipinski definition) is 6. The van der Waals surface area contributed by atoms with Gasteiger partial charge in [0.2, 0.25) is 0 Å². The van der Waals surface area contributed by atoms with Crippen molar-refractivity contribution < 1.29 is 0 Å². The Kier molecular flexibility index (Phi) is 2.77. The summed E-state index contributed by atoms with van der Waals surface area (Å²) in [7, 11) is 0. The van der Waals surface area contributed by atoms with E-state index in [0.29, 0.717) is 5.75 Å². The second-order valence-corrected chi connectivity index (χ2v) is 5.26. The van der Waals surface area contributed by atoms with E-state index in [1.807, 2.05) is 5.38 Å². The van der Waals surface area contributed by atoms with Gasteiger partial charge in [0.25, 0.3) is 0 Å². The maximum atomic E-state index is 10.7. The second-order valence-electron chi connectivity index (χ2n) is 2.09. The van der Waals surface area contributed by atoms with Crippen molar-refractivity contribution in [2.75, 3.05) is 0 Å². The van der Waals surface area contributed by atoms with Crippen molar-refractivity contribution in [1.82, 2.24) is 15.2 Å². The topological polar surface area (TPSA) is 58.6 Å². The molecule has 0 atom stereocenters. The van der Waals surface area contributed by atoms with Crippen molar-refractivity contribution in [2.24, 2.45) is 0 Å². The maximum Gasteiger partial charge on any atom is 0.322 e. The van der Waals surface area contributed by atoms with Gasteiger partial charge in [0, 0.05) is 11.6 Å². The molecule has 0 unspecified atom stereocenters. The molecule has 0 radical (unpaired) electrons. The van der Waals surface area contributed by atoms with Gasteiger partial charge in [-0.25, -0.2) is 10.1 Å². The van der Waals surface area contributed by atoms with Crippen LogP contribution in [0.15, 0.2) is 20.7 Å². The fraction of sp³-hybridized carbons (Fsp3) is 0.167. The molecule has 4 nitrogen and oxygen atoms in total. The summed E-state index contributed by atoms with van der Waals surface area (Å²) in [6, 6.07) is 0. The van der Waals surface area contributed by atoms with Crippen molar-refractivity contribution >= 4 is 34.4 Å². The molecule has 0 bridgehead atoms. The first-order chi connectivity index (χ1) is 6.34. The molecule has 2 aromatic rings. The average Bonchev–Trinajstić information content (AvgIpc) is 2.71. The lowest BCUT2D eigenvalue weighted by Gasteiger charge is -1.89. The Labute approximate surface area is 86.0 Å². The number of nitrogens with zero attached hydrogens (tertiary/aromatic N) is 2. The summed E-state index contributed by atoms with van der Waals surface area (Å²) in [5, 5.41) is 8.97. The van der Waals surface area contributed by atoms with Gasteiger partial charge in [-0.15, -0.1) is 11.3 Å². The molecule has 68 valence electrons. The smallest absolute Gasteiger partial charge is 0.255 e. The molecule has 0 saturated heterocycles. The van der Waals surface area contributed by atoms with Crippen LogP contribution in [0.1, 0.15) is 5.01 Å². The Morgan fingerprint density at radius 3 is 3.15 bits per heavy atom. The summed E-state index contributed by atoms with van der Waals surface area (Å²) in [4.78, 5) is 14.7. The van der Waals surface area contributed by atoms with Crippen LogP contribution >= 0.6 is 34.4 Å². The Morgan fingerprint density at radius 2 is 2.54 bits per heavy atom. The molecule has 0 aliphatic carbocycles. The first-order valence-corrected chi connectivity index (χ1v) is 6.09. The van der Waals surface area contributed by atoms with E-state index in [4.69, 9.17) is 0 Å². The lowest BCUT2D eigenvalue weighted by atomic mass is 10.9. The van der Waals surface area contributed by atoms with Gasteiger partial charge in [0.15, 0.2) is 0 Å². The molecule has 2 heterocycles. The number of rotatable bonds is 3. The van der Waals surface area contributed by atoms with Crippen molar-refractivity contribution in [1.29, 1.82) is 0 Å². The van der Waals surface area contributed by atoms with E-state index in [0.717, 1.165) is 20.7 Å². The van der Waals surface area contributed by atoms with Gasteiger partial charge in [-0.3, -0.25) is 4.79 Å². The van der Waals surface area contributed by atoms with Crippen LogP contribution in [0.25, 0.3) is 0 Å². The highest BCUT2D eigenvalue weighted by molar-refractivity contribution is 8.00. The number of aromatic nitrogens is 3. The third-order valence-electron chi connectivity index (χ3n) is 1.21. The molecule has 0 amide bonds. The Morgan fingerprint density at radius 1 is 1.62 bits per heavy atom. The fourth-order valence-corrected chi connectivity index (χ4v) is 2.96. The number of hydrogen-bond donors (Lipinski definition) is 1. The molecule has 2 aromatic heterocycles. The normalized spacial score (nSPS) is 10.5. The van der Waals surface area contributed by atoms with Gasteiger partial charge in [0.05, 0.1) is 5.75 Å². The molecule has 0 aliphatic rings. The fourth-order valence-electron chi connectivity index (χ4n) is 0.727. The molecule has 1 N–H and O–H groups in total. The molecule has 0 aliphatic heterocycles. The zero-order chi connectivity index (χ0) is 9.10. The van der Waals surface area contributed by atoms with Crippen LogP contribution < -0.4 is 4.87 Å². The molecule has 0 spiro atoms. The lowest BCUT2D eigenvalue weighted by Crippen LogP contribution is -1.90. The van der Waals surface area contributed by atoms with E-state index >= 15 is 0 Å². The number of H-pyrrole nitrogens is 1. The number of thiazole rings is 1. The Bertz CT molecular complexity index is 418. The van der Waals surface area contributed by atoms with Crippen LogP contribution in [0.4, 0.5) is 0 Å². The molecule has 0 aromatic carbocycles. The second kappa shape index (κ2) is 4.03. The van der Waals surface area contributed by atoms with E-state index in [2.05, 4.69) is 15.2 Å². The van der Waals surface area contributed by atoms with Gasteiger partial charge in [-0.2, -0.15) is 5.10 Å². The molecule has 2 rings (SSSR count). The minimum atomic E-state index is -0.102. The minimum absolute atomic E-state index is 0.102. The average molecular weight is 231 g/mol. The van der Waals surface area contributed by atoms with Crippen LogP contribution in [-0.2, 0) is 5.75 Å². The lowest BCUT2D eigenvalue weighted by molar-refractivity contribution is 1.01. The summed E-state index contributed by atoms with van der Waals surface area (Å²) in [6.07, 6.45) is 1.76. The summed E-state index contributed by atoms with van der Waals surface area (Å²) >= 11 is 4.32. The van der Waals surface area contributed by atoms with Crippen LogP contribution in [0.2, 0.25) is 0 Å². The summed E-state index contributed by atoms with van der Waals surface area (Å²) in [6.45, 7) is 0. The summed E-state index contributed by atoms with van der Waals surface area (Å²) in [5.41, 5.74) is 0. The predicted octanol–water partition coefficient (Wildman–Crippen LogP) is 1.58. The number of aromatic amines is 1. The van der Waals surface area contributed by atoms with Gasteiger partial charge < -0.3 is 0 Å². The van der Waals surface area contributed by atoms with Gasteiger partial charge in [-0.1, -0.05) is 23.1 Å². The molecule has 13 heavy (non-hydrogen) atoms. The first-order valence-electron chi connectivity index (χ1n) is 3.41. The van der Waals surface area contributed by atoms with Crippen molar-refractivity contribution in [3.8, 4) is 0 Å². The van der Waals surface area contributed by atoms with E-state index in [-0.39, 0.29) is 4.87 Å². The summed E-state index contributed by atoms with van der Waals surface area (Å²) < 4.78 is 1.00. The van der Waals surface area contributed by atoms with Crippen molar-refractivity contribution in [3.05, 3.63) is 26.3 Å². The molecule has 7 heteroatoms. The summed E-state index contributed by atoms with van der Waals surface area (Å²) in [5.74, 6) is 0.705. The van der Waals surface area contributed by atoms with Gasteiger partial charge >= 0.3 is 4.87 Å². The van der Waals surface area contributed by atoms with Crippen molar-refractivity contribution in [2.45, 2.75) is 10.1 Å². The highest BCUT2D eigenvalue weighted by Gasteiger charge is 2.01. The minimum Gasteiger partial charge on any atom is -0.255 e. The Balaban J connectivity index is 1.97. The zero-order valence-electron chi connectivity index (χ0n) is 6.39. The Hall–Kier alpha value is -0.660. The van der Waals surface area contributed by atoms with Crippen molar-refractivity contribution in [3.63, 3.8) is 0 Å². The van der Waals surface area contributed by atoms with Crippen LogP contribution in [0.3, 0.4) is 0 Å². The first kappa shape index (κ1) is 8.92. The third-order valence-corrected chi connectivity index (χ3v) is 4.12. The van der Waals surface area contributed by atoms with E-state index in [9.17, 15) is 4.79 Å². The standard InChI is InChI=1S/C6H5N3OS3/c10-5-9-8-4(13-5)3-12-6-7-1-2-11-6/h1-2H,3H2,(H,9,10). The van der Waals surface area contributed by atoms with E-state index < -0.39 is 0 Å². The highest BCUT2D eigenvalue weighted by Crippen LogP contribution is 2.23. The molecular weight excluding hydrogens is 226 g/mol. The molecular formula is C6H5N3OS3. The SMILES string of the molecule is O=c1[nH]nc(CSc2nccs2)s1. The number of nitrogens with one attached hydrogen (secondary N) is 1. The third kappa shape index (κ3) is 2.39. The van der Waals surface area contributed by atoms with E-state index in [1.54, 1.807) is 29.3 Å². The quantitative estimate of drug-likeness (QED) is 0.815. The highest BCUT2D eigenvalue weighted by atomic mass is 32.2. The van der Waals surface area contributed by atoms with Crippen LogP contribution in [-0.4, -0.2) is 15.2 Å². The van der Waals surface area contributed by atoms with E-state index in [1.165, 1.54) is 0 Å². The molecule has 0 fully saturated rings.